The van der Waals surface area contributed by atoms with Gasteiger partial charge in [-0.2, -0.15) is 0 Å². The lowest BCUT2D eigenvalue weighted by atomic mass is 10.2. The third-order valence-electron chi connectivity index (χ3n) is 2.59. The highest BCUT2D eigenvalue weighted by atomic mass is 79.9. The second-order valence-electron chi connectivity index (χ2n) is 4.08. The van der Waals surface area contributed by atoms with Crippen LogP contribution in [-0.2, 0) is 4.79 Å². The summed E-state index contributed by atoms with van der Waals surface area (Å²) in [5.74, 6) is 0.353. The van der Waals surface area contributed by atoms with Gasteiger partial charge in [0.1, 0.15) is 11.3 Å². The number of benzene rings is 1. The summed E-state index contributed by atoms with van der Waals surface area (Å²) >= 11 is 3.38. The predicted octanol–water partition coefficient (Wildman–Crippen LogP) is 3.58. The second kappa shape index (κ2) is 5.05. The summed E-state index contributed by atoms with van der Waals surface area (Å²) in [4.78, 5) is 19.6. The highest BCUT2D eigenvalue weighted by Gasteiger charge is 2.15. The number of carbonyl (C=O) groups excluding carboxylic acids is 1. The van der Waals surface area contributed by atoms with Gasteiger partial charge >= 0.3 is 5.97 Å². The number of halogens is 1. The van der Waals surface area contributed by atoms with Gasteiger partial charge in [0.2, 0.25) is 11.6 Å². The number of carbonyl (C=O) groups is 1. The van der Waals surface area contributed by atoms with Crippen LogP contribution < -0.4 is 4.74 Å². The molecule has 100 valence electrons. The van der Waals surface area contributed by atoms with Crippen LogP contribution in [0.15, 0.2) is 45.4 Å². The normalized spacial score (nSPS) is 10.7. The second-order valence-corrected chi connectivity index (χ2v) is 5.00. The van der Waals surface area contributed by atoms with Crippen LogP contribution >= 0.6 is 15.9 Å². The molecule has 1 aromatic carbocycles. The Bertz CT molecular complexity index is 765. The maximum atomic E-state index is 11.2. The van der Waals surface area contributed by atoms with Crippen LogP contribution in [0.3, 0.4) is 0 Å². The first-order valence-corrected chi connectivity index (χ1v) is 6.62. The quantitative estimate of drug-likeness (QED) is 0.530. The Balaban J connectivity index is 2.16. The van der Waals surface area contributed by atoms with E-state index in [-0.39, 0.29) is 0 Å². The van der Waals surface area contributed by atoms with Gasteiger partial charge in [0.15, 0.2) is 0 Å². The summed E-state index contributed by atoms with van der Waals surface area (Å²) in [7, 11) is 0. The number of fused-ring (bicyclic) bond motifs is 1. The molecule has 0 fully saturated rings. The number of oxazole rings is 1. The van der Waals surface area contributed by atoms with Gasteiger partial charge in [0.05, 0.1) is 5.56 Å². The monoisotopic (exact) mass is 332 g/mol. The van der Waals surface area contributed by atoms with E-state index in [2.05, 4.69) is 25.9 Å². The summed E-state index contributed by atoms with van der Waals surface area (Å²) in [5.41, 5.74) is 1.68. The van der Waals surface area contributed by atoms with E-state index in [9.17, 15) is 4.79 Å². The number of esters is 1. The molecule has 0 bridgehead atoms. The molecule has 2 heterocycles. The number of ether oxygens (including phenoxy) is 1. The Morgan fingerprint density at radius 2 is 2.20 bits per heavy atom. The Morgan fingerprint density at radius 1 is 1.35 bits per heavy atom. The van der Waals surface area contributed by atoms with Crippen LogP contribution in [0.4, 0.5) is 0 Å². The van der Waals surface area contributed by atoms with E-state index in [4.69, 9.17) is 9.15 Å². The third-order valence-corrected chi connectivity index (χ3v) is 3.09. The number of pyridine rings is 1. The van der Waals surface area contributed by atoms with Gasteiger partial charge < -0.3 is 9.15 Å². The molecular formula is C14H9BrN2O3. The molecule has 0 aliphatic carbocycles. The van der Waals surface area contributed by atoms with E-state index in [0.717, 1.165) is 4.47 Å². The lowest BCUT2D eigenvalue weighted by Gasteiger charge is -2.06. The zero-order valence-corrected chi connectivity index (χ0v) is 12.0. The van der Waals surface area contributed by atoms with Crippen molar-refractivity contribution in [1.82, 2.24) is 9.97 Å². The minimum atomic E-state index is -0.400. The Kier molecular flexibility index (Phi) is 3.23. The zero-order valence-electron chi connectivity index (χ0n) is 10.5. The molecular weight excluding hydrogens is 324 g/mol. The standard InChI is InChI=1S/C14H9BrN2O3/c1-8(18)19-12-5-4-9(15)7-10(12)13-17-11-3-2-6-16-14(11)20-13/h2-7H,1H3. The lowest BCUT2D eigenvalue weighted by Crippen LogP contribution is -2.02. The largest absolute Gasteiger partial charge is 0.426 e. The average Bonchev–Trinajstić information content (AvgIpc) is 2.84. The molecule has 2 aromatic heterocycles. The summed E-state index contributed by atoms with van der Waals surface area (Å²) in [6, 6.07) is 8.83. The first-order valence-electron chi connectivity index (χ1n) is 5.83. The Morgan fingerprint density at radius 3 is 2.95 bits per heavy atom. The molecule has 0 saturated carbocycles. The minimum Gasteiger partial charge on any atom is -0.426 e. The number of nitrogens with zero attached hydrogens (tertiary/aromatic N) is 2. The number of hydrogen-bond acceptors (Lipinski definition) is 5. The molecule has 6 heteroatoms. The molecule has 0 atom stereocenters. The van der Waals surface area contributed by atoms with Crippen molar-refractivity contribution in [2.24, 2.45) is 0 Å². The van der Waals surface area contributed by atoms with Crippen molar-refractivity contribution in [2.75, 3.05) is 0 Å². The number of rotatable bonds is 2. The van der Waals surface area contributed by atoms with E-state index in [1.165, 1.54) is 6.92 Å². The van der Waals surface area contributed by atoms with Crippen molar-refractivity contribution in [3.05, 3.63) is 41.0 Å². The van der Waals surface area contributed by atoms with Gasteiger partial charge in [0, 0.05) is 17.6 Å². The van der Waals surface area contributed by atoms with Crippen molar-refractivity contribution in [3.63, 3.8) is 0 Å². The fourth-order valence-corrected chi connectivity index (χ4v) is 2.16. The summed E-state index contributed by atoms with van der Waals surface area (Å²) < 4.78 is 11.6. The van der Waals surface area contributed by atoms with E-state index < -0.39 is 5.97 Å². The van der Waals surface area contributed by atoms with E-state index in [0.29, 0.717) is 28.4 Å². The molecule has 0 amide bonds. The molecule has 0 unspecified atom stereocenters. The van der Waals surface area contributed by atoms with Crippen molar-refractivity contribution >= 4 is 33.1 Å². The number of aromatic nitrogens is 2. The molecule has 0 aliphatic heterocycles. The van der Waals surface area contributed by atoms with Gasteiger partial charge in [-0.15, -0.1) is 0 Å². The Hall–Kier alpha value is -2.21. The van der Waals surface area contributed by atoms with Crippen LogP contribution in [0.1, 0.15) is 6.92 Å². The van der Waals surface area contributed by atoms with Crippen LogP contribution in [0.25, 0.3) is 22.7 Å². The van der Waals surface area contributed by atoms with Crippen molar-refractivity contribution in [2.45, 2.75) is 6.92 Å². The Labute approximate surface area is 122 Å². The maximum Gasteiger partial charge on any atom is 0.308 e. The van der Waals surface area contributed by atoms with Gasteiger partial charge in [-0.25, -0.2) is 9.97 Å². The fraction of sp³-hybridized carbons (Fsp3) is 0.0714. The van der Waals surface area contributed by atoms with Crippen molar-refractivity contribution in [3.8, 4) is 17.2 Å². The van der Waals surface area contributed by atoms with E-state index in [1.807, 2.05) is 0 Å². The van der Waals surface area contributed by atoms with Crippen LogP contribution in [0.5, 0.6) is 5.75 Å². The first kappa shape index (κ1) is 12.8. The van der Waals surface area contributed by atoms with Crippen molar-refractivity contribution in [1.29, 1.82) is 0 Å². The molecule has 0 saturated heterocycles. The fourth-order valence-electron chi connectivity index (χ4n) is 1.80. The SMILES string of the molecule is CC(=O)Oc1ccc(Br)cc1-c1nc2cccnc2o1. The first-order chi connectivity index (χ1) is 9.63. The van der Waals surface area contributed by atoms with Crippen molar-refractivity contribution < 1.29 is 13.9 Å². The lowest BCUT2D eigenvalue weighted by molar-refractivity contribution is -0.131. The highest BCUT2D eigenvalue weighted by molar-refractivity contribution is 9.10. The molecule has 0 N–H and O–H groups in total. The molecule has 3 rings (SSSR count). The molecule has 0 aliphatic rings. The summed E-state index contributed by atoms with van der Waals surface area (Å²) in [6.07, 6.45) is 1.63. The maximum absolute atomic E-state index is 11.2. The highest BCUT2D eigenvalue weighted by Crippen LogP contribution is 2.33. The van der Waals surface area contributed by atoms with E-state index in [1.54, 1.807) is 36.5 Å². The molecule has 5 nitrogen and oxygen atoms in total. The topological polar surface area (TPSA) is 65.2 Å². The molecule has 20 heavy (non-hydrogen) atoms. The zero-order chi connectivity index (χ0) is 14.1. The molecule has 0 radical (unpaired) electrons. The average molecular weight is 333 g/mol. The predicted molar refractivity (Wildman–Crippen MR) is 76.2 cm³/mol. The van der Waals surface area contributed by atoms with Gasteiger partial charge in [-0.05, 0) is 30.3 Å². The summed E-state index contributed by atoms with van der Waals surface area (Å²) in [5, 5.41) is 0. The third kappa shape index (κ3) is 2.42. The van der Waals surface area contributed by atoms with Gasteiger partial charge in [-0.3, -0.25) is 4.79 Å². The summed E-state index contributed by atoms with van der Waals surface area (Å²) in [6.45, 7) is 1.35. The molecule has 0 spiro atoms. The van der Waals surface area contributed by atoms with E-state index >= 15 is 0 Å². The van der Waals surface area contributed by atoms with Gasteiger partial charge in [-0.1, -0.05) is 15.9 Å². The smallest absolute Gasteiger partial charge is 0.308 e. The van der Waals surface area contributed by atoms with Crippen LogP contribution in [-0.4, -0.2) is 15.9 Å². The minimum absolute atomic E-state index is 0.358. The molecule has 3 aromatic rings. The number of hydrogen-bond donors (Lipinski definition) is 0. The van der Waals surface area contributed by atoms with Crippen LogP contribution in [0.2, 0.25) is 0 Å². The van der Waals surface area contributed by atoms with Crippen LogP contribution in [0, 0.1) is 0 Å². The van der Waals surface area contributed by atoms with Gasteiger partial charge in [0.25, 0.3) is 0 Å².